The number of benzene rings is 1. The van der Waals surface area contributed by atoms with E-state index in [1.54, 1.807) is 0 Å². The molecule has 1 fully saturated rings. The minimum absolute atomic E-state index is 0. The van der Waals surface area contributed by atoms with Crippen molar-refractivity contribution >= 4 is 40.9 Å². The number of carbonyl (C=O) groups excluding carboxylic acids is 1. The number of hydrogen-bond acceptors (Lipinski definition) is 2. The molecule has 100 valence electrons. The normalized spacial score (nSPS) is 15.9. The molecule has 18 heavy (non-hydrogen) atoms. The summed E-state index contributed by atoms with van der Waals surface area (Å²) in [5.74, 6) is 0.0629. The monoisotopic (exact) mass is 380 g/mol. The van der Waals surface area contributed by atoms with Gasteiger partial charge in [-0.25, -0.2) is 0 Å². The molecule has 0 atom stereocenters. The maximum Gasteiger partial charge on any atom is 0.251 e. The molecule has 0 saturated carbocycles. The predicted molar refractivity (Wildman–Crippen MR) is 84.5 cm³/mol. The molecule has 3 nitrogen and oxygen atoms in total. The van der Waals surface area contributed by atoms with E-state index >= 15 is 0 Å². The van der Waals surface area contributed by atoms with Crippen molar-refractivity contribution in [2.24, 2.45) is 0 Å². The SMILES string of the molecule is Cc1c(I)cccc1C(=O)NC1CCNCC1.Cl. The maximum atomic E-state index is 12.2. The molecule has 0 bridgehead atoms. The summed E-state index contributed by atoms with van der Waals surface area (Å²) < 4.78 is 1.14. The van der Waals surface area contributed by atoms with Crippen molar-refractivity contribution in [3.8, 4) is 0 Å². The number of piperidine rings is 1. The maximum absolute atomic E-state index is 12.2. The summed E-state index contributed by atoms with van der Waals surface area (Å²) in [6, 6.07) is 6.18. The minimum Gasteiger partial charge on any atom is -0.349 e. The van der Waals surface area contributed by atoms with Gasteiger partial charge in [-0.3, -0.25) is 4.79 Å². The van der Waals surface area contributed by atoms with E-state index in [0.29, 0.717) is 6.04 Å². The third-order valence-electron chi connectivity index (χ3n) is 3.19. The molecule has 1 heterocycles. The van der Waals surface area contributed by atoms with Crippen LogP contribution in [0.4, 0.5) is 0 Å². The van der Waals surface area contributed by atoms with Crippen LogP contribution in [0.2, 0.25) is 0 Å². The van der Waals surface area contributed by atoms with Crippen LogP contribution in [0.25, 0.3) is 0 Å². The Morgan fingerprint density at radius 3 is 2.72 bits per heavy atom. The van der Waals surface area contributed by atoms with Crippen LogP contribution < -0.4 is 10.6 Å². The van der Waals surface area contributed by atoms with E-state index < -0.39 is 0 Å². The molecule has 2 N–H and O–H groups in total. The van der Waals surface area contributed by atoms with Crippen LogP contribution in [0, 0.1) is 10.5 Å². The molecule has 0 spiro atoms. The third kappa shape index (κ3) is 3.83. The Morgan fingerprint density at radius 2 is 2.06 bits per heavy atom. The summed E-state index contributed by atoms with van der Waals surface area (Å²) in [6.45, 7) is 3.99. The summed E-state index contributed by atoms with van der Waals surface area (Å²) >= 11 is 2.26. The molecular weight excluding hydrogens is 363 g/mol. The Labute approximate surface area is 128 Å². The molecule has 1 saturated heterocycles. The lowest BCUT2D eigenvalue weighted by molar-refractivity contribution is 0.0929. The zero-order valence-corrected chi connectivity index (χ0v) is 13.3. The number of rotatable bonds is 2. The first-order valence-corrected chi connectivity index (χ1v) is 7.03. The van der Waals surface area contributed by atoms with Gasteiger partial charge in [-0.2, -0.15) is 0 Å². The lowest BCUT2D eigenvalue weighted by Crippen LogP contribution is -2.42. The Bertz CT molecular complexity index is 419. The van der Waals surface area contributed by atoms with Crippen molar-refractivity contribution in [1.82, 2.24) is 10.6 Å². The summed E-state index contributed by atoms with van der Waals surface area (Å²) in [7, 11) is 0. The van der Waals surface area contributed by atoms with Crippen molar-refractivity contribution in [3.05, 3.63) is 32.9 Å². The molecule has 0 unspecified atom stereocenters. The Kier molecular flexibility index (Phi) is 6.38. The molecule has 0 aromatic heterocycles. The number of nitrogens with one attached hydrogen (secondary N) is 2. The van der Waals surface area contributed by atoms with Gasteiger partial charge in [0.05, 0.1) is 0 Å². The van der Waals surface area contributed by atoms with Crippen LogP contribution in [-0.2, 0) is 0 Å². The number of amides is 1. The molecule has 2 rings (SSSR count). The van der Waals surface area contributed by atoms with E-state index in [4.69, 9.17) is 0 Å². The summed E-state index contributed by atoms with van der Waals surface area (Å²) in [4.78, 5) is 12.2. The second-order valence-corrected chi connectivity index (χ2v) is 5.57. The number of carbonyl (C=O) groups is 1. The van der Waals surface area contributed by atoms with E-state index in [1.807, 2.05) is 25.1 Å². The average Bonchev–Trinajstić information content (AvgIpc) is 2.34. The van der Waals surface area contributed by atoms with Crippen molar-refractivity contribution < 1.29 is 4.79 Å². The van der Waals surface area contributed by atoms with E-state index in [1.165, 1.54) is 0 Å². The summed E-state index contributed by atoms with van der Waals surface area (Å²) in [5, 5.41) is 6.42. The van der Waals surface area contributed by atoms with E-state index in [-0.39, 0.29) is 18.3 Å². The van der Waals surface area contributed by atoms with Gasteiger partial charge in [0.15, 0.2) is 0 Å². The van der Waals surface area contributed by atoms with Crippen LogP contribution >= 0.6 is 35.0 Å². The van der Waals surface area contributed by atoms with Gasteiger partial charge >= 0.3 is 0 Å². The fourth-order valence-corrected chi connectivity index (χ4v) is 2.58. The molecular formula is C13H18ClIN2O. The zero-order chi connectivity index (χ0) is 12.3. The van der Waals surface area contributed by atoms with Gasteiger partial charge in [-0.15, -0.1) is 12.4 Å². The molecule has 1 aliphatic rings. The molecule has 1 aromatic rings. The van der Waals surface area contributed by atoms with Crippen molar-refractivity contribution in [2.75, 3.05) is 13.1 Å². The highest BCUT2D eigenvalue weighted by atomic mass is 127. The van der Waals surface area contributed by atoms with Crippen molar-refractivity contribution in [2.45, 2.75) is 25.8 Å². The first-order valence-electron chi connectivity index (χ1n) is 5.95. The quantitative estimate of drug-likeness (QED) is 0.774. The summed E-state index contributed by atoms with van der Waals surface area (Å²) in [6.07, 6.45) is 2.05. The van der Waals surface area contributed by atoms with Crippen LogP contribution in [0.5, 0.6) is 0 Å². The second-order valence-electron chi connectivity index (χ2n) is 4.41. The Hall–Kier alpha value is -0.330. The smallest absolute Gasteiger partial charge is 0.251 e. The molecule has 0 radical (unpaired) electrons. The Balaban J connectivity index is 0.00000162. The Morgan fingerprint density at radius 1 is 1.39 bits per heavy atom. The highest BCUT2D eigenvalue weighted by Crippen LogP contribution is 2.16. The highest BCUT2D eigenvalue weighted by molar-refractivity contribution is 14.1. The minimum atomic E-state index is 0. The average molecular weight is 381 g/mol. The summed E-state index contributed by atoms with van der Waals surface area (Å²) in [5.41, 5.74) is 1.87. The van der Waals surface area contributed by atoms with Crippen LogP contribution in [0.3, 0.4) is 0 Å². The number of halogens is 2. The van der Waals surface area contributed by atoms with E-state index in [0.717, 1.165) is 40.6 Å². The zero-order valence-electron chi connectivity index (χ0n) is 10.3. The van der Waals surface area contributed by atoms with Gasteiger partial charge in [0.2, 0.25) is 0 Å². The topological polar surface area (TPSA) is 41.1 Å². The largest absolute Gasteiger partial charge is 0.349 e. The van der Waals surface area contributed by atoms with Gasteiger partial charge < -0.3 is 10.6 Å². The fraction of sp³-hybridized carbons (Fsp3) is 0.462. The van der Waals surface area contributed by atoms with Crippen LogP contribution in [-0.4, -0.2) is 25.0 Å². The molecule has 5 heteroatoms. The van der Waals surface area contributed by atoms with Gasteiger partial charge in [0.25, 0.3) is 5.91 Å². The van der Waals surface area contributed by atoms with Gasteiger partial charge in [0.1, 0.15) is 0 Å². The van der Waals surface area contributed by atoms with Crippen LogP contribution in [0.15, 0.2) is 18.2 Å². The molecule has 1 amide bonds. The van der Waals surface area contributed by atoms with E-state index in [2.05, 4.69) is 33.2 Å². The number of hydrogen-bond donors (Lipinski definition) is 2. The lowest BCUT2D eigenvalue weighted by atomic mass is 10.0. The second kappa shape index (κ2) is 7.31. The van der Waals surface area contributed by atoms with Crippen molar-refractivity contribution in [3.63, 3.8) is 0 Å². The van der Waals surface area contributed by atoms with Gasteiger partial charge in [-0.05, 0) is 73.1 Å². The molecule has 0 aliphatic carbocycles. The highest BCUT2D eigenvalue weighted by Gasteiger charge is 2.17. The first-order chi connectivity index (χ1) is 8.18. The van der Waals surface area contributed by atoms with Gasteiger partial charge in [0, 0.05) is 15.2 Å². The first kappa shape index (κ1) is 15.7. The van der Waals surface area contributed by atoms with Crippen molar-refractivity contribution in [1.29, 1.82) is 0 Å². The molecule has 1 aromatic carbocycles. The fourth-order valence-electron chi connectivity index (χ4n) is 2.08. The third-order valence-corrected chi connectivity index (χ3v) is 4.36. The van der Waals surface area contributed by atoms with E-state index in [9.17, 15) is 4.79 Å². The molecule has 1 aliphatic heterocycles. The predicted octanol–water partition coefficient (Wildman–Crippen LogP) is 2.50. The standard InChI is InChI=1S/C13H17IN2O.ClH/c1-9-11(3-2-4-12(9)14)13(17)16-10-5-7-15-8-6-10;/h2-4,10,15H,5-8H2,1H3,(H,16,17);1H. The van der Waals surface area contributed by atoms with Gasteiger partial charge in [-0.1, -0.05) is 6.07 Å². The lowest BCUT2D eigenvalue weighted by Gasteiger charge is -2.24. The van der Waals surface area contributed by atoms with Crippen LogP contribution in [0.1, 0.15) is 28.8 Å².